The number of carbonyl (C=O) groups is 2. The minimum absolute atomic E-state index is 0.269. The molecule has 8 heteroatoms. The molecule has 0 saturated carbocycles. The van der Waals surface area contributed by atoms with Crippen molar-refractivity contribution in [1.82, 2.24) is 9.13 Å². The number of aromatic nitrogens is 2. The van der Waals surface area contributed by atoms with E-state index in [1.165, 1.54) is 26.2 Å². The second kappa shape index (κ2) is 7.43. The summed E-state index contributed by atoms with van der Waals surface area (Å²) in [6.45, 7) is -0.657. The number of ether oxygens (including phenoxy) is 1. The number of benzene rings is 1. The summed E-state index contributed by atoms with van der Waals surface area (Å²) in [7, 11) is 2.57. The molecule has 0 saturated heterocycles. The van der Waals surface area contributed by atoms with Crippen LogP contribution in [0, 0.1) is 0 Å². The Balaban J connectivity index is 2.11. The number of anilines is 1. The zero-order valence-corrected chi connectivity index (χ0v) is 13.8. The number of ketones is 1. The van der Waals surface area contributed by atoms with E-state index in [2.05, 4.69) is 0 Å². The quantitative estimate of drug-likeness (QED) is 0.468. The van der Waals surface area contributed by atoms with Crippen LogP contribution in [0.5, 0.6) is 0 Å². The number of nitrogen functional groups attached to an aromatic ring is 1. The highest BCUT2D eigenvalue weighted by Gasteiger charge is 2.20. The SMILES string of the molecule is Cn1c(N)c(C(=O)COC(=O)C=Cc2ccccc2)c(=O)n(C)c1=O. The molecule has 1 heterocycles. The van der Waals surface area contributed by atoms with E-state index in [0.29, 0.717) is 0 Å². The monoisotopic (exact) mass is 343 g/mol. The van der Waals surface area contributed by atoms with Gasteiger partial charge >= 0.3 is 11.7 Å². The molecule has 0 aliphatic rings. The second-order valence-electron chi connectivity index (χ2n) is 5.24. The number of hydrogen-bond donors (Lipinski definition) is 1. The zero-order valence-electron chi connectivity index (χ0n) is 13.8. The number of rotatable bonds is 5. The highest BCUT2D eigenvalue weighted by molar-refractivity contribution is 6.01. The van der Waals surface area contributed by atoms with E-state index in [1.54, 1.807) is 12.1 Å². The van der Waals surface area contributed by atoms with Crippen molar-refractivity contribution in [3.63, 3.8) is 0 Å². The molecule has 2 rings (SSSR count). The van der Waals surface area contributed by atoms with Crippen LogP contribution in [0.25, 0.3) is 6.08 Å². The van der Waals surface area contributed by atoms with E-state index in [-0.39, 0.29) is 11.4 Å². The lowest BCUT2D eigenvalue weighted by atomic mass is 10.2. The zero-order chi connectivity index (χ0) is 18.6. The molecule has 1 aromatic heterocycles. The minimum atomic E-state index is -0.832. The van der Waals surface area contributed by atoms with Crippen LogP contribution in [0.4, 0.5) is 5.82 Å². The molecular formula is C17H17N3O5. The van der Waals surface area contributed by atoms with Crippen molar-refractivity contribution >= 4 is 23.6 Å². The van der Waals surface area contributed by atoms with Gasteiger partial charge in [0.05, 0.1) is 0 Å². The lowest BCUT2D eigenvalue weighted by Crippen LogP contribution is -2.42. The first-order chi connectivity index (χ1) is 11.8. The van der Waals surface area contributed by atoms with E-state index in [9.17, 15) is 19.2 Å². The maximum Gasteiger partial charge on any atom is 0.332 e. The average molecular weight is 343 g/mol. The summed E-state index contributed by atoms with van der Waals surface area (Å²) in [5.74, 6) is -1.79. The van der Waals surface area contributed by atoms with Crippen molar-refractivity contribution in [2.75, 3.05) is 12.3 Å². The highest BCUT2D eigenvalue weighted by Crippen LogP contribution is 2.05. The molecule has 2 aromatic rings. The molecule has 8 nitrogen and oxygen atoms in total. The molecular weight excluding hydrogens is 326 g/mol. The minimum Gasteiger partial charge on any atom is -0.454 e. The van der Waals surface area contributed by atoms with Crippen molar-refractivity contribution in [2.24, 2.45) is 14.1 Å². The Morgan fingerprint density at radius 3 is 2.40 bits per heavy atom. The van der Waals surface area contributed by atoms with Crippen molar-refractivity contribution in [3.05, 3.63) is 68.4 Å². The summed E-state index contributed by atoms with van der Waals surface area (Å²) in [5, 5.41) is 0. The van der Waals surface area contributed by atoms with Gasteiger partial charge in [-0.25, -0.2) is 9.59 Å². The Hall–Kier alpha value is -3.42. The van der Waals surface area contributed by atoms with Gasteiger partial charge in [-0.05, 0) is 11.6 Å². The van der Waals surface area contributed by atoms with Crippen molar-refractivity contribution in [3.8, 4) is 0 Å². The Bertz CT molecular complexity index is 955. The van der Waals surface area contributed by atoms with E-state index >= 15 is 0 Å². The molecule has 0 aliphatic carbocycles. The standard InChI is InChI=1S/C17H17N3O5/c1-19-15(18)14(16(23)20(2)17(19)24)12(21)10-25-13(22)9-8-11-6-4-3-5-7-11/h3-9H,10,18H2,1-2H3. The molecule has 0 unspecified atom stereocenters. The van der Waals surface area contributed by atoms with Gasteiger partial charge in [-0.15, -0.1) is 0 Å². The van der Waals surface area contributed by atoms with Crippen LogP contribution in [0.1, 0.15) is 15.9 Å². The molecule has 0 radical (unpaired) electrons. The molecule has 1 aromatic carbocycles. The third-order valence-corrected chi connectivity index (χ3v) is 3.55. The van der Waals surface area contributed by atoms with Crippen molar-refractivity contribution in [2.45, 2.75) is 0 Å². The van der Waals surface area contributed by atoms with Crippen LogP contribution in [0.15, 0.2) is 46.0 Å². The summed E-state index contributed by atoms with van der Waals surface area (Å²) >= 11 is 0. The summed E-state index contributed by atoms with van der Waals surface area (Å²) < 4.78 is 6.58. The Morgan fingerprint density at radius 2 is 1.76 bits per heavy atom. The Morgan fingerprint density at radius 1 is 1.12 bits per heavy atom. The summed E-state index contributed by atoms with van der Waals surface area (Å²) in [6.07, 6.45) is 2.71. The molecule has 0 amide bonds. The fourth-order valence-corrected chi connectivity index (χ4v) is 2.11. The first kappa shape index (κ1) is 17.9. The van der Waals surface area contributed by atoms with Crippen molar-refractivity contribution in [1.29, 1.82) is 0 Å². The van der Waals surface area contributed by atoms with Gasteiger partial charge in [0.1, 0.15) is 11.4 Å². The number of nitrogens with zero attached hydrogens (tertiary/aromatic N) is 2. The largest absolute Gasteiger partial charge is 0.454 e. The third-order valence-electron chi connectivity index (χ3n) is 3.55. The third kappa shape index (κ3) is 3.92. The number of esters is 1. The molecule has 0 atom stereocenters. The molecule has 0 spiro atoms. The maximum absolute atomic E-state index is 12.2. The molecule has 130 valence electrons. The van der Waals surface area contributed by atoms with Crippen LogP contribution in [0.3, 0.4) is 0 Å². The smallest absolute Gasteiger partial charge is 0.332 e. The van der Waals surface area contributed by atoms with Crippen LogP contribution in [-0.4, -0.2) is 27.5 Å². The van der Waals surface area contributed by atoms with Crippen LogP contribution in [-0.2, 0) is 23.6 Å². The number of nitrogens with two attached hydrogens (primary N) is 1. The maximum atomic E-state index is 12.2. The van der Waals surface area contributed by atoms with Gasteiger partial charge in [-0.3, -0.25) is 18.7 Å². The van der Waals surface area contributed by atoms with Gasteiger partial charge in [0, 0.05) is 20.2 Å². The fourth-order valence-electron chi connectivity index (χ4n) is 2.11. The highest BCUT2D eigenvalue weighted by atomic mass is 16.5. The molecule has 2 N–H and O–H groups in total. The average Bonchev–Trinajstić information content (AvgIpc) is 2.62. The van der Waals surface area contributed by atoms with Gasteiger partial charge in [0.25, 0.3) is 5.56 Å². The van der Waals surface area contributed by atoms with Gasteiger partial charge in [0.2, 0.25) is 5.78 Å². The lowest BCUT2D eigenvalue weighted by molar-refractivity contribution is -0.136. The fraction of sp³-hybridized carbons (Fsp3) is 0.176. The number of Topliss-reactive ketones (excluding diaryl/α,β-unsaturated/α-hetero) is 1. The number of carbonyl (C=O) groups excluding carboxylic acids is 2. The van der Waals surface area contributed by atoms with Crippen LogP contribution in [0.2, 0.25) is 0 Å². The topological polar surface area (TPSA) is 113 Å². The lowest BCUT2D eigenvalue weighted by Gasteiger charge is -2.10. The second-order valence-corrected chi connectivity index (χ2v) is 5.24. The van der Waals surface area contributed by atoms with Gasteiger partial charge in [-0.2, -0.15) is 0 Å². The van der Waals surface area contributed by atoms with Crippen LogP contribution >= 0.6 is 0 Å². The summed E-state index contributed by atoms with van der Waals surface area (Å²) in [4.78, 5) is 47.6. The van der Waals surface area contributed by atoms with E-state index < -0.39 is 29.6 Å². The first-order valence-electron chi connectivity index (χ1n) is 7.31. The van der Waals surface area contributed by atoms with E-state index in [1.807, 2.05) is 18.2 Å². The molecule has 0 bridgehead atoms. The molecule has 0 aliphatic heterocycles. The number of hydrogen-bond acceptors (Lipinski definition) is 6. The van der Waals surface area contributed by atoms with Crippen LogP contribution < -0.4 is 17.0 Å². The van der Waals surface area contributed by atoms with Crippen molar-refractivity contribution < 1.29 is 14.3 Å². The first-order valence-corrected chi connectivity index (χ1v) is 7.31. The van der Waals surface area contributed by atoms with Gasteiger partial charge < -0.3 is 10.5 Å². The Labute approximate surface area is 142 Å². The van der Waals surface area contributed by atoms with Gasteiger partial charge in [0.15, 0.2) is 6.61 Å². The molecule has 0 fully saturated rings. The molecule has 25 heavy (non-hydrogen) atoms. The predicted molar refractivity (Wildman–Crippen MR) is 92.1 cm³/mol. The summed E-state index contributed by atoms with van der Waals surface area (Å²) in [6, 6.07) is 9.06. The van der Waals surface area contributed by atoms with Gasteiger partial charge in [-0.1, -0.05) is 30.3 Å². The van der Waals surface area contributed by atoms with E-state index in [4.69, 9.17) is 10.5 Å². The Kier molecular flexibility index (Phi) is 5.33. The van der Waals surface area contributed by atoms with E-state index in [0.717, 1.165) is 14.7 Å². The predicted octanol–water partition coefficient (Wildman–Crippen LogP) is 0.105. The summed E-state index contributed by atoms with van der Waals surface area (Å²) in [5.41, 5.74) is 4.60. The normalized spacial score (nSPS) is 10.8.